The highest BCUT2D eigenvalue weighted by molar-refractivity contribution is 5.94. The smallest absolute Gasteiger partial charge is 0.166 e. The zero-order chi connectivity index (χ0) is 23.1. The first-order chi connectivity index (χ1) is 16.5. The molecule has 0 radical (unpaired) electrons. The molecule has 3 fully saturated rings. The third kappa shape index (κ3) is 2.72. The van der Waals surface area contributed by atoms with Gasteiger partial charge < -0.3 is 25.5 Å². The van der Waals surface area contributed by atoms with Crippen molar-refractivity contribution in [2.45, 2.75) is 68.2 Å². The van der Waals surface area contributed by atoms with Gasteiger partial charge in [-0.15, -0.1) is 0 Å². The van der Waals surface area contributed by atoms with Crippen molar-refractivity contribution in [3.63, 3.8) is 0 Å². The summed E-state index contributed by atoms with van der Waals surface area (Å²) in [5.41, 5.74) is 8.19. The van der Waals surface area contributed by atoms with Gasteiger partial charge in [0.1, 0.15) is 0 Å². The van der Waals surface area contributed by atoms with Crippen molar-refractivity contribution in [3.05, 3.63) is 53.1 Å². The van der Waals surface area contributed by atoms with Crippen LogP contribution in [0.4, 0.5) is 0 Å². The Morgan fingerprint density at radius 1 is 1.15 bits per heavy atom. The first-order valence-electron chi connectivity index (χ1n) is 12.5. The lowest BCUT2D eigenvalue weighted by Gasteiger charge is -2.63. The van der Waals surface area contributed by atoms with Gasteiger partial charge in [-0.1, -0.05) is 23.4 Å². The van der Waals surface area contributed by atoms with E-state index in [1.807, 2.05) is 30.3 Å². The highest BCUT2D eigenvalue weighted by Gasteiger charge is 2.72. The Kier molecular flexibility index (Phi) is 4.39. The van der Waals surface area contributed by atoms with Gasteiger partial charge in [0.05, 0.1) is 16.7 Å². The standard InChI is InChI=1S/C27H31N3O4/c28-14-16-3-6-19(7-4-16)34-29-20-9-10-27(32)22-13-18-5-8-21(31)24-23(18)26(27,25(20)33-24)11-12-30(22)15-17-1-2-17/h3-8,17,22,25,31-32H,1-2,9-15,28H2/t22-,25+,26+,27?/m1/s1. The van der Waals surface area contributed by atoms with E-state index in [9.17, 15) is 10.2 Å². The van der Waals surface area contributed by atoms with E-state index in [2.05, 4.69) is 10.1 Å². The average molecular weight is 462 g/mol. The monoisotopic (exact) mass is 461 g/mol. The minimum atomic E-state index is -0.918. The molecule has 3 aliphatic carbocycles. The lowest BCUT2D eigenvalue weighted by atomic mass is 9.49. The van der Waals surface area contributed by atoms with Gasteiger partial charge in [-0.05, 0) is 80.3 Å². The molecule has 2 aromatic rings. The molecule has 7 rings (SSSR count). The maximum absolute atomic E-state index is 12.5. The number of likely N-dealkylation sites (tertiary alicyclic amines) is 1. The molecule has 34 heavy (non-hydrogen) atoms. The highest BCUT2D eigenvalue weighted by Crippen LogP contribution is 2.65. The first-order valence-corrected chi connectivity index (χ1v) is 12.5. The number of piperidine rings is 1. The maximum Gasteiger partial charge on any atom is 0.166 e. The summed E-state index contributed by atoms with van der Waals surface area (Å²) < 4.78 is 6.48. The minimum Gasteiger partial charge on any atom is -0.504 e. The maximum atomic E-state index is 12.5. The zero-order valence-electron chi connectivity index (χ0n) is 19.2. The zero-order valence-corrected chi connectivity index (χ0v) is 19.2. The minimum absolute atomic E-state index is 0.0576. The number of hydrogen-bond acceptors (Lipinski definition) is 7. The molecule has 1 saturated heterocycles. The van der Waals surface area contributed by atoms with Gasteiger partial charge in [0.25, 0.3) is 0 Å². The van der Waals surface area contributed by atoms with E-state index in [4.69, 9.17) is 15.3 Å². The van der Waals surface area contributed by atoms with Crippen molar-refractivity contribution in [3.8, 4) is 17.2 Å². The van der Waals surface area contributed by atoms with Gasteiger partial charge in [-0.2, -0.15) is 0 Å². The van der Waals surface area contributed by atoms with Gasteiger partial charge >= 0.3 is 0 Å². The van der Waals surface area contributed by atoms with Crippen LogP contribution in [-0.4, -0.2) is 51.7 Å². The molecule has 4 atom stereocenters. The first kappa shape index (κ1) is 20.7. The number of nitrogens with two attached hydrogens (primary N) is 1. The van der Waals surface area contributed by atoms with Crippen LogP contribution in [0.15, 0.2) is 41.6 Å². The van der Waals surface area contributed by atoms with Crippen molar-refractivity contribution < 1.29 is 19.8 Å². The highest BCUT2D eigenvalue weighted by atomic mass is 16.6. The molecule has 7 nitrogen and oxygen atoms in total. The molecule has 0 aromatic heterocycles. The molecule has 2 heterocycles. The van der Waals surface area contributed by atoms with E-state index < -0.39 is 17.1 Å². The molecule has 2 aliphatic heterocycles. The predicted molar refractivity (Wildman–Crippen MR) is 127 cm³/mol. The van der Waals surface area contributed by atoms with E-state index in [0.29, 0.717) is 30.9 Å². The largest absolute Gasteiger partial charge is 0.504 e. The summed E-state index contributed by atoms with van der Waals surface area (Å²) in [6.07, 6.45) is 4.94. The Bertz CT molecular complexity index is 1180. The van der Waals surface area contributed by atoms with Gasteiger partial charge in [-0.25, -0.2) is 0 Å². The summed E-state index contributed by atoms with van der Waals surface area (Å²) in [5, 5.41) is 27.7. The molecule has 2 saturated carbocycles. The number of aromatic hydroxyl groups is 1. The van der Waals surface area contributed by atoms with Crippen LogP contribution in [0.1, 0.15) is 48.8 Å². The van der Waals surface area contributed by atoms with E-state index >= 15 is 0 Å². The van der Waals surface area contributed by atoms with E-state index in [0.717, 1.165) is 48.7 Å². The second-order valence-electron chi connectivity index (χ2n) is 10.8. The fraction of sp³-hybridized carbons (Fsp3) is 0.519. The van der Waals surface area contributed by atoms with Crippen LogP contribution >= 0.6 is 0 Å². The van der Waals surface area contributed by atoms with Gasteiger partial charge in [0.2, 0.25) is 0 Å². The number of ether oxygens (including phenoxy) is 1. The molecule has 1 spiro atoms. The molecule has 5 aliphatic rings. The van der Waals surface area contributed by atoms with E-state index in [-0.39, 0.29) is 11.8 Å². The molecule has 1 unspecified atom stereocenters. The molecule has 7 heteroatoms. The Morgan fingerprint density at radius 3 is 2.74 bits per heavy atom. The lowest BCUT2D eigenvalue weighted by Crippen LogP contribution is -2.76. The van der Waals surface area contributed by atoms with Gasteiger partial charge in [0, 0.05) is 24.7 Å². The molecule has 2 aromatic carbocycles. The summed E-state index contributed by atoms with van der Waals surface area (Å²) in [6.45, 7) is 2.47. The number of nitrogens with zero attached hydrogens (tertiary/aromatic N) is 2. The SMILES string of the molecule is NCc1ccc(ON=C2CCC3(O)[C@H]4Cc5ccc(O)c6c5[C@@]3(CCN4CC3CC3)[C@H]2O6)cc1. The van der Waals surface area contributed by atoms with Crippen LogP contribution < -0.4 is 15.3 Å². The Balaban J connectivity index is 1.29. The van der Waals surface area contributed by atoms with E-state index in [1.54, 1.807) is 6.07 Å². The van der Waals surface area contributed by atoms with Crippen LogP contribution in [-0.2, 0) is 18.4 Å². The van der Waals surface area contributed by atoms with Crippen molar-refractivity contribution in [2.24, 2.45) is 16.8 Å². The number of rotatable bonds is 5. The molecule has 0 amide bonds. The average Bonchev–Trinajstić information content (AvgIpc) is 3.59. The van der Waals surface area contributed by atoms with Crippen LogP contribution in [0.3, 0.4) is 0 Å². The van der Waals surface area contributed by atoms with Crippen LogP contribution in [0.2, 0.25) is 0 Å². The fourth-order valence-corrected chi connectivity index (χ4v) is 7.17. The van der Waals surface area contributed by atoms with Crippen LogP contribution in [0, 0.1) is 5.92 Å². The Hall–Kier alpha value is -2.61. The van der Waals surface area contributed by atoms with Crippen molar-refractivity contribution in [2.75, 3.05) is 13.1 Å². The summed E-state index contributed by atoms with van der Waals surface area (Å²) in [5.74, 6) is 2.07. The number of aliphatic hydroxyl groups is 1. The summed E-state index contributed by atoms with van der Waals surface area (Å²) in [6, 6.07) is 11.4. The molecule has 2 bridgehead atoms. The number of phenolic OH excluding ortho intramolecular Hbond substituents is 1. The molecular formula is C27H31N3O4. The van der Waals surface area contributed by atoms with Crippen molar-refractivity contribution in [1.82, 2.24) is 4.90 Å². The van der Waals surface area contributed by atoms with Gasteiger partial charge in [0.15, 0.2) is 23.4 Å². The summed E-state index contributed by atoms with van der Waals surface area (Å²) in [4.78, 5) is 8.36. The number of hydrogen-bond donors (Lipinski definition) is 3. The van der Waals surface area contributed by atoms with Crippen LogP contribution in [0.25, 0.3) is 0 Å². The molecule has 4 N–H and O–H groups in total. The van der Waals surface area contributed by atoms with Crippen molar-refractivity contribution >= 4 is 5.71 Å². The predicted octanol–water partition coefficient (Wildman–Crippen LogP) is 2.85. The second-order valence-corrected chi connectivity index (χ2v) is 10.8. The lowest BCUT2D eigenvalue weighted by molar-refractivity contribution is -0.167. The topological polar surface area (TPSA) is 101 Å². The fourth-order valence-electron chi connectivity index (χ4n) is 7.17. The summed E-state index contributed by atoms with van der Waals surface area (Å²) >= 11 is 0. The Labute approximate surface area is 199 Å². The van der Waals surface area contributed by atoms with Gasteiger partial charge in [-0.3, -0.25) is 4.90 Å². The third-order valence-corrected chi connectivity index (χ3v) is 9.01. The van der Waals surface area contributed by atoms with Crippen LogP contribution in [0.5, 0.6) is 17.2 Å². The summed E-state index contributed by atoms with van der Waals surface area (Å²) in [7, 11) is 0. The number of oxime groups is 1. The normalized spacial score (nSPS) is 34.6. The van der Waals surface area contributed by atoms with E-state index in [1.165, 1.54) is 18.4 Å². The molecule has 178 valence electrons. The number of phenols is 1. The molecular weight excluding hydrogens is 430 g/mol. The number of benzene rings is 2. The third-order valence-electron chi connectivity index (χ3n) is 9.01. The Morgan fingerprint density at radius 2 is 1.97 bits per heavy atom. The van der Waals surface area contributed by atoms with Crippen molar-refractivity contribution in [1.29, 1.82) is 0 Å². The second kappa shape index (κ2) is 7.20. The quantitative estimate of drug-likeness (QED) is 0.592.